The molecule has 0 aliphatic carbocycles. The lowest BCUT2D eigenvalue weighted by atomic mass is 10.0. The second-order valence-corrected chi connectivity index (χ2v) is 5.13. The summed E-state index contributed by atoms with van der Waals surface area (Å²) in [5.41, 5.74) is 0.948. The summed E-state index contributed by atoms with van der Waals surface area (Å²) in [5.74, 6) is 0. The van der Waals surface area contributed by atoms with Crippen LogP contribution in [0.3, 0.4) is 0 Å². The number of nitrogens with one attached hydrogen (secondary N) is 1. The Balaban J connectivity index is 1.55. The fraction of sp³-hybridized carbons (Fsp3) is 0.235. The zero-order valence-electron chi connectivity index (χ0n) is 11.8. The van der Waals surface area contributed by atoms with Crippen molar-refractivity contribution in [2.45, 2.75) is 12.6 Å². The first-order chi connectivity index (χ1) is 10.3. The molecule has 2 N–H and O–H groups in total. The quantitative estimate of drug-likeness (QED) is 0.682. The predicted molar refractivity (Wildman–Crippen MR) is 84.0 cm³/mol. The second kappa shape index (κ2) is 6.52. The lowest BCUT2D eigenvalue weighted by Crippen LogP contribution is -2.25. The van der Waals surface area contributed by atoms with Gasteiger partial charge < -0.3 is 15.0 Å². The molecule has 0 aliphatic rings. The Morgan fingerprint density at radius 3 is 2.81 bits per heavy atom. The number of hydrogen-bond acceptors (Lipinski definition) is 3. The van der Waals surface area contributed by atoms with Crippen LogP contribution >= 0.6 is 0 Å². The fourth-order valence-corrected chi connectivity index (χ4v) is 2.40. The molecule has 21 heavy (non-hydrogen) atoms. The molecule has 0 saturated carbocycles. The Hall–Kier alpha value is -2.17. The van der Waals surface area contributed by atoms with Crippen LogP contribution in [0.1, 0.15) is 11.7 Å². The Morgan fingerprint density at radius 2 is 2.00 bits per heavy atom. The molecular weight excluding hydrogens is 262 g/mol. The number of aromatic nitrogens is 2. The summed E-state index contributed by atoms with van der Waals surface area (Å²) >= 11 is 0. The van der Waals surface area contributed by atoms with E-state index in [1.807, 2.05) is 29.0 Å². The normalized spacial score (nSPS) is 12.6. The average molecular weight is 281 g/mol. The van der Waals surface area contributed by atoms with Gasteiger partial charge in [0.1, 0.15) is 0 Å². The van der Waals surface area contributed by atoms with Gasteiger partial charge in [-0.15, -0.1) is 0 Å². The van der Waals surface area contributed by atoms with Crippen LogP contribution in [-0.2, 0) is 6.54 Å². The molecule has 1 unspecified atom stereocenters. The van der Waals surface area contributed by atoms with E-state index in [1.54, 1.807) is 12.5 Å². The van der Waals surface area contributed by atoms with E-state index in [-0.39, 0.29) is 0 Å². The molecule has 2 aromatic carbocycles. The summed E-state index contributed by atoms with van der Waals surface area (Å²) in [6.45, 7) is 2.21. The first-order valence-electron chi connectivity index (χ1n) is 7.16. The van der Waals surface area contributed by atoms with Crippen LogP contribution < -0.4 is 5.32 Å². The van der Waals surface area contributed by atoms with Gasteiger partial charge in [0.25, 0.3) is 0 Å². The van der Waals surface area contributed by atoms with Crippen LogP contribution in [0.4, 0.5) is 0 Å². The molecule has 4 heteroatoms. The summed E-state index contributed by atoms with van der Waals surface area (Å²) in [7, 11) is 0. The van der Waals surface area contributed by atoms with E-state index in [2.05, 4.69) is 34.6 Å². The van der Waals surface area contributed by atoms with Crippen molar-refractivity contribution >= 4 is 10.8 Å². The average Bonchev–Trinajstić information content (AvgIpc) is 3.04. The molecule has 0 fully saturated rings. The molecule has 108 valence electrons. The van der Waals surface area contributed by atoms with Gasteiger partial charge in [-0.1, -0.05) is 36.4 Å². The SMILES string of the molecule is OC(CNCCn1ccnc1)c1ccc2ccccc2c1. The van der Waals surface area contributed by atoms with Crippen LogP contribution in [0.15, 0.2) is 61.2 Å². The summed E-state index contributed by atoms with van der Waals surface area (Å²) in [6, 6.07) is 14.3. The van der Waals surface area contributed by atoms with Crippen molar-refractivity contribution in [3.05, 3.63) is 66.7 Å². The minimum atomic E-state index is -0.489. The Kier molecular flexibility index (Phi) is 4.28. The molecular formula is C17H19N3O. The number of fused-ring (bicyclic) bond motifs is 1. The summed E-state index contributed by atoms with van der Waals surface area (Å²) < 4.78 is 2.01. The van der Waals surface area contributed by atoms with E-state index in [0.717, 1.165) is 24.0 Å². The molecule has 0 amide bonds. The highest BCUT2D eigenvalue weighted by Crippen LogP contribution is 2.19. The maximum absolute atomic E-state index is 10.3. The molecule has 0 saturated heterocycles. The summed E-state index contributed by atoms with van der Waals surface area (Å²) in [6.07, 6.45) is 5.00. The smallest absolute Gasteiger partial charge is 0.0946 e. The van der Waals surface area contributed by atoms with E-state index in [4.69, 9.17) is 0 Å². The number of benzene rings is 2. The third kappa shape index (κ3) is 3.48. The van der Waals surface area contributed by atoms with E-state index < -0.39 is 6.10 Å². The predicted octanol–water partition coefficient (Wildman–Crippen LogP) is 2.36. The van der Waals surface area contributed by atoms with Crippen molar-refractivity contribution < 1.29 is 5.11 Å². The third-order valence-electron chi connectivity index (χ3n) is 3.60. The van der Waals surface area contributed by atoms with Gasteiger partial charge in [-0.3, -0.25) is 0 Å². The zero-order chi connectivity index (χ0) is 14.5. The van der Waals surface area contributed by atoms with Gasteiger partial charge in [-0.05, 0) is 22.4 Å². The maximum atomic E-state index is 10.3. The monoisotopic (exact) mass is 281 g/mol. The van der Waals surface area contributed by atoms with Crippen LogP contribution in [0.25, 0.3) is 10.8 Å². The van der Waals surface area contributed by atoms with Gasteiger partial charge in [0.15, 0.2) is 0 Å². The number of hydrogen-bond donors (Lipinski definition) is 2. The highest BCUT2D eigenvalue weighted by molar-refractivity contribution is 5.83. The highest BCUT2D eigenvalue weighted by atomic mass is 16.3. The van der Waals surface area contributed by atoms with Crippen LogP contribution in [-0.4, -0.2) is 27.7 Å². The molecule has 3 aromatic rings. The molecule has 3 rings (SSSR count). The van der Waals surface area contributed by atoms with Gasteiger partial charge in [0.2, 0.25) is 0 Å². The zero-order valence-corrected chi connectivity index (χ0v) is 11.8. The van der Waals surface area contributed by atoms with Gasteiger partial charge in [-0.2, -0.15) is 0 Å². The van der Waals surface area contributed by atoms with Crippen LogP contribution in [0, 0.1) is 0 Å². The van der Waals surface area contributed by atoms with Gasteiger partial charge in [-0.25, -0.2) is 4.98 Å². The molecule has 1 heterocycles. The van der Waals surface area contributed by atoms with Crippen molar-refractivity contribution in [1.29, 1.82) is 0 Å². The second-order valence-electron chi connectivity index (χ2n) is 5.13. The number of nitrogens with zero attached hydrogens (tertiary/aromatic N) is 2. The lowest BCUT2D eigenvalue weighted by Gasteiger charge is -2.13. The Bertz CT molecular complexity index is 694. The highest BCUT2D eigenvalue weighted by Gasteiger charge is 2.07. The van der Waals surface area contributed by atoms with Crippen molar-refractivity contribution in [3.63, 3.8) is 0 Å². The fourth-order valence-electron chi connectivity index (χ4n) is 2.40. The first kappa shape index (κ1) is 13.8. The molecule has 4 nitrogen and oxygen atoms in total. The molecule has 1 atom stereocenters. The summed E-state index contributed by atoms with van der Waals surface area (Å²) in [4.78, 5) is 4.00. The van der Waals surface area contributed by atoms with Crippen molar-refractivity contribution in [2.75, 3.05) is 13.1 Å². The van der Waals surface area contributed by atoms with Crippen LogP contribution in [0.2, 0.25) is 0 Å². The first-order valence-corrected chi connectivity index (χ1v) is 7.16. The van der Waals surface area contributed by atoms with Crippen LogP contribution in [0.5, 0.6) is 0 Å². The largest absolute Gasteiger partial charge is 0.387 e. The van der Waals surface area contributed by atoms with E-state index in [1.165, 1.54) is 5.39 Å². The molecule has 1 aromatic heterocycles. The van der Waals surface area contributed by atoms with Crippen molar-refractivity contribution in [3.8, 4) is 0 Å². The maximum Gasteiger partial charge on any atom is 0.0946 e. The van der Waals surface area contributed by atoms with Gasteiger partial charge >= 0.3 is 0 Å². The van der Waals surface area contributed by atoms with E-state index in [0.29, 0.717) is 6.54 Å². The Morgan fingerprint density at radius 1 is 1.14 bits per heavy atom. The molecule has 0 radical (unpaired) electrons. The Labute approximate surface area is 124 Å². The minimum Gasteiger partial charge on any atom is -0.387 e. The molecule has 0 aliphatic heterocycles. The number of imidazole rings is 1. The van der Waals surface area contributed by atoms with E-state index in [9.17, 15) is 5.11 Å². The lowest BCUT2D eigenvalue weighted by molar-refractivity contribution is 0.174. The number of aliphatic hydroxyl groups excluding tert-OH is 1. The number of rotatable bonds is 6. The topological polar surface area (TPSA) is 50.1 Å². The minimum absolute atomic E-state index is 0.489. The third-order valence-corrected chi connectivity index (χ3v) is 3.60. The van der Waals surface area contributed by atoms with Crippen molar-refractivity contribution in [2.24, 2.45) is 0 Å². The van der Waals surface area contributed by atoms with Gasteiger partial charge in [0.05, 0.1) is 12.4 Å². The molecule has 0 spiro atoms. The van der Waals surface area contributed by atoms with Crippen molar-refractivity contribution in [1.82, 2.24) is 14.9 Å². The number of aliphatic hydroxyl groups is 1. The standard InChI is InChI=1S/C17H19N3O/c21-17(12-18-7-9-20-10-8-19-13-20)16-6-5-14-3-1-2-4-15(14)11-16/h1-6,8,10-11,13,17-18,21H,7,9,12H2. The summed E-state index contributed by atoms with van der Waals surface area (Å²) in [5, 5.41) is 15.9. The van der Waals surface area contributed by atoms with Gasteiger partial charge in [0, 0.05) is 32.0 Å². The van der Waals surface area contributed by atoms with E-state index >= 15 is 0 Å². The molecule has 0 bridgehead atoms.